The number of hydrogen-bond donors (Lipinski definition) is 1. The highest BCUT2D eigenvalue weighted by atomic mass is 16.2. The predicted octanol–water partition coefficient (Wildman–Crippen LogP) is 1.22. The van der Waals surface area contributed by atoms with E-state index in [0.717, 1.165) is 18.7 Å². The van der Waals surface area contributed by atoms with Gasteiger partial charge in [-0.05, 0) is 30.7 Å². The summed E-state index contributed by atoms with van der Waals surface area (Å²) < 4.78 is 0. The van der Waals surface area contributed by atoms with Crippen LogP contribution in [0.1, 0.15) is 32.6 Å². The summed E-state index contributed by atoms with van der Waals surface area (Å²) in [5.41, 5.74) is 1.48. The van der Waals surface area contributed by atoms with Crippen LogP contribution in [0.25, 0.3) is 0 Å². The molecular formula is C20H26N4O4. The van der Waals surface area contributed by atoms with Gasteiger partial charge in [0, 0.05) is 70.3 Å². The summed E-state index contributed by atoms with van der Waals surface area (Å²) in [7, 11) is 0. The average Bonchev–Trinajstić information content (AvgIpc) is 3.12. The molecule has 0 aromatic heterocycles. The fourth-order valence-corrected chi connectivity index (χ4v) is 3.52. The van der Waals surface area contributed by atoms with Crippen LogP contribution >= 0.6 is 0 Å². The molecule has 2 heterocycles. The molecule has 0 atom stereocenters. The molecule has 8 heteroatoms. The van der Waals surface area contributed by atoms with Crippen LogP contribution in [0.15, 0.2) is 24.3 Å². The SMILES string of the molecule is CC(=O)N1CCN(C(=O)CCC(=O)Nc2ccc(N3CCCC3=O)cc2)CC1. The number of rotatable bonds is 5. The quantitative estimate of drug-likeness (QED) is 0.824. The number of piperazine rings is 1. The van der Waals surface area contributed by atoms with E-state index in [1.54, 1.807) is 26.8 Å². The van der Waals surface area contributed by atoms with E-state index in [9.17, 15) is 19.2 Å². The lowest BCUT2D eigenvalue weighted by molar-refractivity contribution is -0.138. The molecule has 150 valence electrons. The van der Waals surface area contributed by atoms with E-state index in [1.807, 2.05) is 12.1 Å². The number of hydrogen-bond acceptors (Lipinski definition) is 4. The lowest BCUT2D eigenvalue weighted by Gasteiger charge is -2.34. The van der Waals surface area contributed by atoms with E-state index in [0.29, 0.717) is 38.3 Å². The van der Waals surface area contributed by atoms with Gasteiger partial charge < -0.3 is 20.0 Å². The minimum atomic E-state index is -0.222. The van der Waals surface area contributed by atoms with Gasteiger partial charge in [0.25, 0.3) is 0 Å². The molecule has 3 rings (SSSR count). The lowest BCUT2D eigenvalue weighted by Crippen LogP contribution is -2.50. The second-order valence-electron chi connectivity index (χ2n) is 7.13. The van der Waals surface area contributed by atoms with Crippen LogP contribution in [0.4, 0.5) is 11.4 Å². The van der Waals surface area contributed by atoms with Crippen LogP contribution < -0.4 is 10.2 Å². The first-order valence-corrected chi connectivity index (χ1v) is 9.67. The largest absolute Gasteiger partial charge is 0.339 e. The van der Waals surface area contributed by atoms with Crippen molar-refractivity contribution in [2.24, 2.45) is 0 Å². The molecule has 28 heavy (non-hydrogen) atoms. The molecule has 2 fully saturated rings. The van der Waals surface area contributed by atoms with Crippen molar-refractivity contribution >= 4 is 35.0 Å². The van der Waals surface area contributed by atoms with Gasteiger partial charge in [0.05, 0.1) is 0 Å². The van der Waals surface area contributed by atoms with Gasteiger partial charge in [-0.25, -0.2) is 0 Å². The molecule has 4 amide bonds. The van der Waals surface area contributed by atoms with Gasteiger partial charge in [0.15, 0.2) is 0 Å². The maximum absolute atomic E-state index is 12.3. The number of nitrogens with one attached hydrogen (secondary N) is 1. The van der Waals surface area contributed by atoms with Crippen LogP contribution in [0, 0.1) is 0 Å². The molecule has 1 aromatic rings. The maximum Gasteiger partial charge on any atom is 0.227 e. The van der Waals surface area contributed by atoms with Gasteiger partial charge in [-0.1, -0.05) is 0 Å². The van der Waals surface area contributed by atoms with Gasteiger partial charge in [-0.3, -0.25) is 19.2 Å². The number of nitrogens with zero attached hydrogens (tertiary/aromatic N) is 3. The summed E-state index contributed by atoms with van der Waals surface area (Å²) in [6.07, 6.45) is 1.70. The Kier molecular flexibility index (Phi) is 6.28. The molecule has 1 aromatic carbocycles. The predicted molar refractivity (Wildman–Crippen MR) is 105 cm³/mol. The van der Waals surface area contributed by atoms with Crippen molar-refractivity contribution in [3.05, 3.63) is 24.3 Å². The third-order valence-corrected chi connectivity index (χ3v) is 5.18. The highest BCUT2D eigenvalue weighted by molar-refractivity contribution is 5.96. The summed E-state index contributed by atoms with van der Waals surface area (Å²) >= 11 is 0. The van der Waals surface area contributed by atoms with E-state index >= 15 is 0 Å². The fraction of sp³-hybridized carbons (Fsp3) is 0.500. The van der Waals surface area contributed by atoms with Crippen LogP contribution in [-0.2, 0) is 19.2 Å². The summed E-state index contributed by atoms with van der Waals surface area (Å²) in [5, 5.41) is 2.79. The first kappa shape index (κ1) is 19.9. The molecule has 0 unspecified atom stereocenters. The van der Waals surface area contributed by atoms with Gasteiger partial charge in [-0.2, -0.15) is 0 Å². The first-order chi connectivity index (χ1) is 13.4. The van der Waals surface area contributed by atoms with E-state index in [2.05, 4.69) is 5.32 Å². The Bertz CT molecular complexity index is 754. The number of carbonyl (C=O) groups is 4. The third-order valence-electron chi connectivity index (χ3n) is 5.18. The Hall–Kier alpha value is -2.90. The summed E-state index contributed by atoms with van der Waals surface area (Å²) in [5.74, 6) is -0.145. The van der Waals surface area contributed by atoms with Crippen molar-refractivity contribution in [1.29, 1.82) is 0 Å². The number of benzene rings is 1. The monoisotopic (exact) mass is 386 g/mol. The molecule has 8 nitrogen and oxygen atoms in total. The summed E-state index contributed by atoms with van der Waals surface area (Å²) in [6, 6.07) is 7.17. The zero-order valence-electron chi connectivity index (χ0n) is 16.1. The highest BCUT2D eigenvalue weighted by Gasteiger charge is 2.23. The van der Waals surface area contributed by atoms with Gasteiger partial charge in [0.1, 0.15) is 0 Å². The van der Waals surface area contributed by atoms with Crippen molar-refractivity contribution in [2.45, 2.75) is 32.6 Å². The molecule has 0 spiro atoms. The van der Waals surface area contributed by atoms with E-state index in [1.165, 1.54) is 6.92 Å². The molecular weight excluding hydrogens is 360 g/mol. The van der Waals surface area contributed by atoms with Crippen molar-refractivity contribution in [3.8, 4) is 0 Å². The van der Waals surface area contributed by atoms with Gasteiger partial charge in [-0.15, -0.1) is 0 Å². The third kappa shape index (κ3) is 4.88. The Balaban J connectivity index is 1.42. The normalized spacial score (nSPS) is 17.0. The lowest BCUT2D eigenvalue weighted by atomic mass is 10.2. The van der Waals surface area contributed by atoms with Crippen molar-refractivity contribution in [1.82, 2.24) is 9.80 Å². The van der Waals surface area contributed by atoms with Crippen LogP contribution in [0.3, 0.4) is 0 Å². The Morgan fingerprint density at radius 2 is 1.57 bits per heavy atom. The highest BCUT2D eigenvalue weighted by Crippen LogP contribution is 2.23. The van der Waals surface area contributed by atoms with Gasteiger partial charge in [0.2, 0.25) is 23.6 Å². The van der Waals surface area contributed by atoms with Crippen molar-refractivity contribution in [2.75, 3.05) is 42.9 Å². The Morgan fingerprint density at radius 3 is 2.14 bits per heavy atom. The Morgan fingerprint density at radius 1 is 0.929 bits per heavy atom. The average molecular weight is 386 g/mol. The zero-order chi connectivity index (χ0) is 20.1. The topological polar surface area (TPSA) is 90.0 Å². The minimum absolute atomic E-state index is 0.0200. The van der Waals surface area contributed by atoms with E-state index in [4.69, 9.17) is 0 Å². The standard InChI is InChI=1S/C20H26N4O4/c1-15(25)22-11-13-23(14-12-22)19(27)9-8-18(26)21-16-4-6-17(7-5-16)24-10-2-3-20(24)28/h4-7H,2-3,8-14H2,1H3,(H,21,26). The second-order valence-corrected chi connectivity index (χ2v) is 7.13. The van der Waals surface area contributed by atoms with Crippen molar-refractivity contribution in [3.63, 3.8) is 0 Å². The molecule has 0 bridgehead atoms. The Labute approximate surface area is 164 Å². The van der Waals surface area contributed by atoms with Crippen molar-refractivity contribution < 1.29 is 19.2 Å². The van der Waals surface area contributed by atoms with E-state index < -0.39 is 0 Å². The first-order valence-electron chi connectivity index (χ1n) is 9.67. The van der Waals surface area contributed by atoms with Crippen LogP contribution in [0.2, 0.25) is 0 Å². The summed E-state index contributed by atoms with van der Waals surface area (Å²) in [6.45, 7) is 4.36. The van der Waals surface area contributed by atoms with E-state index in [-0.39, 0.29) is 36.5 Å². The molecule has 0 aliphatic carbocycles. The van der Waals surface area contributed by atoms with Crippen LogP contribution in [-0.4, -0.2) is 66.2 Å². The molecule has 1 N–H and O–H groups in total. The molecule has 2 aliphatic heterocycles. The fourth-order valence-electron chi connectivity index (χ4n) is 3.52. The molecule has 2 saturated heterocycles. The minimum Gasteiger partial charge on any atom is -0.339 e. The molecule has 0 saturated carbocycles. The summed E-state index contributed by atoms with van der Waals surface area (Å²) in [4.78, 5) is 52.7. The molecule has 0 radical (unpaired) electrons. The second kappa shape index (κ2) is 8.86. The van der Waals surface area contributed by atoms with Crippen LogP contribution in [0.5, 0.6) is 0 Å². The number of amides is 4. The number of anilines is 2. The maximum atomic E-state index is 12.3. The smallest absolute Gasteiger partial charge is 0.227 e. The zero-order valence-corrected chi connectivity index (χ0v) is 16.1. The number of carbonyl (C=O) groups excluding carboxylic acids is 4. The molecule has 2 aliphatic rings. The van der Waals surface area contributed by atoms with Gasteiger partial charge >= 0.3 is 0 Å².